The van der Waals surface area contributed by atoms with E-state index in [0.29, 0.717) is 12.2 Å². The van der Waals surface area contributed by atoms with Crippen molar-refractivity contribution in [2.75, 3.05) is 19.7 Å². The van der Waals surface area contributed by atoms with Crippen molar-refractivity contribution < 1.29 is 4.74 Å². The second-order valence-electron chi connectivity index (χ2n) is 5.79. The first-order valence-electron chi connectivity index (χ1n) is 8.02. The highest BCUT2D eigenvalue weighted by Crippen LogP contribution is 2.21. The molecule has 1 fully saturated rings. The number of aryl methyl sites for hydroxylation is 1. The van der Waals surface area contributed by atoms with Crippen LogP contribution in [0.25, 0.3) is 0 Å². The van der Waals surface area contributed by atoms with E-state index in [0.717, 1.165) is 44.1 Å². The molecule has 1 saturated heterocycles. The molecule has 1 aliphatic heterocycles. The van der Waals surface area contributed by atoms with Gasteiger partial charge in [0, 0.05) is 26.1 Å². The Labute approximate surface area is 136 Å². The van der Waals surface area contributed by atoms with Gasteiger partial charge in [-0.05, 0) is 24.1 Å². The maximum Gasteiger partial charge on any atom is 0.180 e. The largest absolute Gasteiger partial charge is 0.367 e. The van der Waals surface area contributed by atoms with Gasteiger partial charge in [0.05, 0.1) is 18.2 Å². The van der Waals surface area contributed by atoms with Crippen molar-refractivity contribution in [2.45, 2.75) is 32.4 Å². The van der Waals surface area contributed by atoms with Gasteiger partial charge in [-0.1, -0.05) is 19.1 Å². The number of nitriles is 1. The second-order valence-corrected chi connectivity index (χ2v) is 5.79. The van der Waals surface area contributed by atoms with Crippen molar-refractivity contribution in [1.29, 1.82) is 5.26 Å². The molecule has 1 N–H and O–H groups in total. The van der Waals surface area contributed by atoms with E-state index in [1.807, 2.05) is 24.3 Å². The van der Waals surface area contributed by atoms with Crippen molar-refractivity contribution in [3.05, 3.63) is 47.0 Å². The quantitative estimate of drug-likeness (QED) is 0.916. The molecule has 1 aromatic heterocycles. The molecule has 0 amide bonds. The van der Waals surface area contributed by atoms with Crippen LogP contribution < -0.4 is 0 Å². The average molecular weight is 311 g/mol. The van der Waals surface area contributed by atoms with E-state index >= 15 is 0 Å². The van der Waals surface area contributed by atoms with Gasteiger partial charge in [0.1, 0.15) is 11.9 Å². The number of benzene rings is 1. The fourth-order valence-corrected chi connectivity index (χ4v) is 2.75. The van der Waals surface area contributed by atoms with E-state index in [2.05, 4.69) is 33.1 Å². The van der Waals surface area contributed by atoms with Crippen LogP contribution in [-0.2, 0) is 17.7 Å². The Balaban J connectivity index is 1.61. The molecule has 1 atom stereocenters. The summed E-state index contributed by atoms with van der Waals surface area (Å²) in [5.74, 6) is 1.67. The van der Waals surface area contributed by atoms with Gasteiger partial charge in [0.2, 0.25) is 0 Å². The van der Waals surface area contributed by atoms with Crippen LogP contribution in [0.1, 0.15) is 42.2 Å². The average Bonchev–Trinajstić information content (AvgIpc) is 3.05. The second kappa shape index (κ2) is 7.36. The smallest absolute Gasteiger partial charge is 0.180 e. The Kier molecular flexibility index (Phi) is 5.01. The van der Waals surface area contributed by atoms with Crippen molar-refractivity contribution in [2.24, 2.45) is 0 Å². The fraction of sp³-hybridized carbons (Fsp3) is 0.471. The Morgan fingerprint density at radius 1 is 1.39 bits per heavy atom. The lowest BCUT2D eigenvalue weighted by atomic mass is 10.1. The number of hydrogen-bond donors (Lipinski definition) is 1. The summed E-state index contributed by atoms with van der Waals surface area (Å²) in [6, 6.07) is 9.88. The number of aromatic amines is 1. The molecule has 120 valence electrons. The third-order valence-electron chi connectivity index (χ3n) is 3.96. The minimum Gasteiger partial charge on any atom is -0.367 e. The summed E-state index contributed by atoms with van der Waals surface area (Å²) < 4.78 is 5.83. The zero-order chi connectivity index (χ0) is 16.1. The van der Waals surface area contributed by atoms with E-state index in [1.165, 1.54) is 5.56 Å². The molecule has 2 heterocycles. The number of ether oxygens (including phenoxy) is 1. The SMILES string of the molecule is CCCc1nc(C2CN(Cc3ccc(C#N)cc3)CCO2)n[nH]1. The van der Waals surface area contributed by atoms with E-state index in [9.17, 15) is 0 Å². The molecule has 23 heavy (non-hydrogen) atoms. The zero-order valence-corrected chi connectivity index (χ0v) is 13.3. The Morgan fingerprint density at radius 3 is 2.96 bits per heavy atom. The van der Waals surface area contributed by atoms with Crippen LogP contribution in [-0.4, -0.2) is 39.8 Å². The van der Waals surface area contributed by atoms with Gasteiger partial charge in [-0.2, -0.15) is 10.4 Å². The van der Waals surface area contributed by atoms with Crippen LogP contribution in [0.4, 0.5) is 0 Å². The lowest BCUT2D eigenvalue weighted by Crippen LogP contribution is -2.38. The summed E-state index contributed by atoms with van der Waals surface area (Å²) in [7, 11) is 0. The number of nitrogens with zero attached hydrogens (tertiary/aromatic N) is 4. The summed E-state index contributed by atoms with van der Waals surface area (Å²) >= 11 is 0. The monoisotopic (exact) mass is 311 g/mol. The number of aromatic nitrogens is 3. The van der Waals surface area contributed by atoms with Crippen LogP contribution >= 0.6 is 0 Å². The molecule has 0 radical (unpaired) electrons. The first-order valence-corrected chi connectivity index (χ1v) is 8.02. The zero-order valence-electron chi connectivity index (χ0n) is 13.3. The third kappa shape index (κ3) is 3.95. The number of hydrogen-bond acceptors (Lipinski definition) is 5. The van der Waals surface area contributed by atoms with Crippen molar-refractivity contribution in [1.82, 2.24) is 20.1 Å². The van der Waals surface area contributed by atoms with Crippen molar-refractivity contribution in [3.8, 4) is 6.07 Å². The first-order chi connectivity index (χ1) is 11.3. The highest BCUT2D eigenvalue weighted by molar-refractivity contribution is 5.31. The number of H-pyrrole nitrogens is 1. The summed E-state index contributed by atoms with van der Waals surface area (Å²) in [5, 5.41) is 16.1. The molecule has 0 aliphatic carbocycles. The minimum atomic E-state index is -0.0796. The maximum atomic E-state index is 8.86. The summed E-state index contributed by atoms with van der Waals surface area (Å²) in [6.07, 6.45) is 1.88. The van der Waals surface area contributed by atoms with Gasteiger partial charge < -0.3 is 4.74 Å². The van der Waals surface area contributed by atoms with Crippen LogP contribution in [0.5, 0.6) is 0 Å². The molecule has 0 bridgehead atoms. The van der Waals surface area contributed by atoms with Crippen molar-refractivity contribution in [3.63, 3.8) is 0 Å². The Morgan fingerprint density at radius 2 is 2.22 bits per heavy atom. The molecule has 3 rings (SSSR count). The Hall–Kier alpha value is -2.23. The van der Waals surface area contributed by atoms with Gasteiger partial charge in [-0.25, -0.2) is 4.98 Å². The lowest BCUT2D eigenvalue weighted by molar-refractivity contribution is -0.0370. The highest BCUT2D eigenvalue weighted by atomic mass is 16.5. The molecule has 0 spiro atoms. The van der Waals surface area contributed by atoms with Gasteiger partial charge in [0.25, 0.3) is 0 Å². The number of morpholine rings is 1. The van der Waals surface area contributed by atoms with E-state index in [4.69, 9.17) is 10.00 Å². The third-order valence-corrected chi connectivity index (χ3v) is 3.96. The summed E-state index contributed by atoms with van der Waals surface area (Å²) in [4.78, 5) is 6.87. The lowest BCUT2D eigenvalue weighted by Gasteiger charge is -2.31. The molecular formula is C17H21N5O. The summed E-state index contributed by atoms with van der Waals surface area (Å²) in [5.41, 5.74) is 1.89. The highest BCUT2D eigenvalue weighted by Gasteiger charge is 2.25. The standard InChI is InChI=1S/C17H21N5O/c1-2-3-16-19-17(21-20-16)15-12-22(8-9-23-15)11-14-6-4-13(10-18)5-7-14/h4-7,15H,2-3,8-9,11-12H2,1H3,(H,19,20,21). The normalized spacial score (nSPS) is 18.7. The van der Waals surface area contributed by atoms with Crippen LogP contribution in [0, 0.1) is 11.3 Å². The molecule has 2 aromatic rings. The van der Waals surface area contributed by atoms with Gasteiger partial charge in [-0.15, -0.1) is 0 Å². The molecule has 1 aliphatic rings. The molecule has 6 heteroatoms. The fourth-order valence-electron chi connectivity index (χ4n) is 2.75. The predicted octanol–water partition coefficient (Wildman–Crippen LogP) is 2.20. The maximum absolute atomic E-state index is 8.86. The van der Waals surface area contributed by atoms with Crippen LogP contribution in [0.3, 0.4) is 0 Å². The van der Waals surface area contributed by atoms with E-state index < -0.39 is 0 Å². The van der Waals surface area contributed by atoms with Gasteiger partial charge in [-0.3, -0.25) is 10.00 Å². The minimum absolute atomic E-state index is 0.0796. The first kappa shape index (κ1) is 15.7. The topological polar surface area (TPSA) is 77.8 Å². The number of nitrogens with one attached hydrogen (secondary N) is 1. The van der Waals surface area contributed by atoms with Crippen molar-refractivity contribution >= 4 is 0 Å². The van der Waals surface area contributed by atoms with Crippen LogP contribution in [0.2, 0.25) is 0 Å². The molecule has 1 aromatic carbocycles. The number of rotatable bonds is 5. The molecule has 6 nitrogen and oxygen atoms in total. The van der Waals surface area contributed by atoms with E-state index in [1.54, 1.807) is 0 Å². The van der Waals surface area contributed by atoms with E-state index in [-0.39, 0.29) is 6.10 Å². The summed E-state index contributed by atoms with van der Waals surface area (Å²) in [6.45, 7) is 5.32. The Bertz CT molecular complexity index is 673. The van der Waals surface area contributed by atoms with Crippen LogP contribution in [0.15, 0.2) is 24.3 Å². The van der Waals surface area contributed by atoms with Gasteiger partial charge >= 0.3 is 0 Å². The molecule has 0 saturated carbocycles. The predicted molar refractivity (Wildman–Crippen MR) is 85.5 cm³/mol. The molecular weight excluding hydrogens is 290 g/mol. The molecule has 1 unspecified atom stereocenters. The van der Waals surface area contributed by atoms with Gasteiger partial charge in [0.15, 0.2) is 5.82 Å².